The van der Waals surface area contributed by atoms with Gasteiger partial charge in [-0.1, -0.05) is 41.0 Å². The van der Waals surface area contributed by atoms with Crippen molar-refractivity contribution in [2.75, 3.05) is 36.4 Å². The van der Waals surface area contributed by atoms with Crippen LogP contribution in [0.4, 0.5) is 16.4 Å². The predicted octanol–water partition coefficient (Wildman–Crippen LogP) is 2.32. The average Bonchev–Trinajstić information content (AvgIpc) is 3.20. The van der Waals surface area contributed by atoms with Gasteiger partial charge in [0.25, 0.3) is 0 Å². The van der Waals surface area contributed by atoms with Gasteiger partial charge in [0.1, 0.15) is 0 Å². The van der Waals surface area contributed by atoms with E-state index in [1.54, 1.807) is 4.68 Å². The number of nitrogens with zero attached hydrogens (tertiary/aromatic N) is 6. The molecular weight excluding hydrogens is 342 g/mol. The molecule has 0 spiro atoms. The third kappa shape index (κ3) is 3.74. The van der Waals surface area contributed by atoms with Gasteiger partial charge in [0, 0.05) is 31.9 Å². The Balaban J connectivity index is 1.39. The summed E-state index contributed by atoms with van der Waals surface area (Å²) in [5, 5.41) is 15.0. The van der Waals surface area contributed by atoms with Gasteiger partial charge < -0.3 is 15.1 Å². The Kier molecular flexibility index (Phi) is 4.69. The van der Waals surface area contributed by atoms with Crippen LogP contribution in [-0.4, -0.2) is 57.3 Å². The van der Waals surface area contributed by atoms with Crippen molar-refractivity contribution in [3.63, 3.8) is 0 Å². The number of tetrazole rings is 1. The van der Waals surface area contributed by atoms with Crippen molar-refractivity contribution >= 4 is 17.7 Å². The van der Waals surface area contributed by atoms with Crippen molar-refractivity contribution in [1.29, 1.82) is 0 Å². The van der Waals surface area contributed by atoms with Crippen molar-refractivity contribution in [3.8, 4) is 5.69 Å². The van der Waals surface area contributed by atoms with E-state index in [-0.39, 0.29) is 6.03 Å². The maximum absolute atomic E-state index is 12.5. The lowest BCUT2D eigenvalue weighted by atomic mass is 10.2. The molecule has 8 heteroatoms. The number of urea groups is 1. The molecule has 1 aliphatic heterocycles. The zero-order chi connectivity index (χ0) is 18.6. The number of para-hydroxylation sites is 1. The SMILES string of the molecule is Cc1ccc(NC(=O)N2CCN(c3nnnn3-c3ccccc3)CC2)cc1. The quantitative estimate of drug-likeness (QED) is 0.773. The smallest absolute Gasteiger partial charge is 0.321 e. The Labute approximate surface area is 157 Å². The van der Waals surface area contributed by atoms with E-state index in [1.165, 1.54) is 0 Å². The zero-order valence-electron chi connectivity index (χ0n) is 15.1. The molecule has 27 heavy (non-hydrogen) atoms. The minimum Gasteiger partial charge on any atom is -0.336 e. The molecule has 1 aliphatic rings. The van der Waals surface area contributed by atoms with Gasteiger partial charge in [-0.3, -0.25) is 0 Å². The van der Waals surface area contributed by atoms with E-state index in [0.717, 1.165) is 16.9 Å². The molecule has 2 amide bonds. The molecule has 0 atom stereocenters. The monoisotopic (exact) mass is 363 g/mol. The number of anilines is 2. The van der Waals surface area contributed by atoms with Crippen molar-refractivity contribution in [2.45, 2.75) is 6.92 Å². The standard InChI is InChI=1S/C19H21N7O/c1-15-7-9-16(10-8-15)20-19(27)25-13-11-24(12-14-25)18-21-22-23-26(18)17-5-3-2-4-6-17/h2-10H,11-14H2,1H3,(H,20,27). The van der Waals surface area contributed by atoms with Crippen LogP contribution >= 0.6 is 0 Å². The summed E-state index contributed by atoms with van der Waals surface area (Å²) in [6.07, 6.45) is 0. The number of carbonyl (C=O) groups excluding carboxylic acids is 1. The van der Waals surface area contributed by atoms with Gasteiger partial charge in [-0.25, -0.2) is 4.79 Å². The van der Waals surface area contributed by atoms with Crippen LogP contribution in [0.5, 0.6) is 0 Å². The van der Waals surface area contributed by atoms with Crippen LogP contribution in [0.2, 0.25) is 0 Å². The number of hydrogen-bond donors (Lipinski definition) is 1. The average molecular weight is 363 g/mol. The summed E-state index contributed by atoms with van der Waals surface area (Å²) in [7, 11) is 0. The Morgan fingerprint density at radius 1 is 0.963 bits per heavy atom. The summed E-state index contributed by atoms with van der Waals surface area (Å²) in [4.78, 5) is 16.4. The summed E-state index contributed by atoms with van der Waals surface area (Å²) in [6.45, 7) is 4.59. The van der Waals surface area contributed by atoms with Crippen molar-refractivity contribution < 1.29 is 4.79 Å². The Hall–Kier alpha value is -3.42. The lowest BCUT2D eigenvalue weighted by Gasteiger charge is -2.34. The maximum atomic E-state index is 12.5. The molecular formula is C19H21N7O. The van der Waals surface area contributed by atoms with Gasteiger partial charge in [-0.2, -0.15) is 4.68 Å². The van der Waals surface area contributed by atoms with E-state index in [2.05, 4.69) is 25.7 Å². The van der Waals surface area contributed by atoms with Crippen molar-refractivity contribution in [2.24, 2.45) is 0 Å². The molecule has 0 bridgehead atoms. The lowest BCUT2D eigenvalue weighted by Crippen LogP contribution is -2.50. The molecule has 1 saturated heterocycles. The first-order valence-electron chi connectivity index (χ1n) is 8.92. The van der Waals surface area contributed by atoms with E-state index in [1.807, 2.05) is 66.4 Å². The molecule has 0 saturated carbocycles. The predicted molar refractivity (Wildman–Crippen MR) is 103 cm³/mol. The van der Waals surface area contributed by atoms with Crippen LogP contribution in [-0.2, 0) is 0 Å². The Morgan fingerprint density at radius 2 is 1.67 bits per heavy atom. The lowest BCUT2D eigenvalue weighted by molar-refractivity contribution is 0.208. The molecule has 1 N–H and O–H groups in total. The highest BCUT2D eigenvalue weighted by molar-refractivity contribution is 5.89. The third-order valence-electron chi connectivity index (χ3n) is 4.61. The van der Waals surface area contributed by atoms with Gasteiger partial charge in [0.05, 0.1) is 5.69 Å². The molecule has 138 valence electrons. The second-order valence-electron chi connectivity index (χ2n) is 6.50. The van der Waals surface area contributed by atoms with Gasteiger partial charge in [-0.15, -0.1) is 0 Å². The molecule has 0 unspecified atom stereocenters. The number of nitrogens with one attached hydrogen (secondary N) is 1. The molecule has 2 heterocycles. The fourth-order valence-corrected chi connectivity index (χ4v) is 3.06. The normalized spacial score (nSPS) is 14.3. The number of aromatic nitrogens is 4. The van der Waals surface area contributed by atoms with Crippen LogP contribution in [0.1, 0.15) is 5.56 Å². The second-order valence-corrected chi connectivity index (χ2v) is 6.50. The molecule has 0 aliphatic carbocycles. The van der Waals surface area contributed by atoms with Gasteiger partial charge in [0.2, 0.25) is 5.95 Å². The van der Waals surface area contributed by atoms with Crippen LogP contribution < -0.4 is 10.2 Å². The van der Waals surface area contributed by atoms with E-state index < -0.39 is 0 Å². The topological polar surface area (TPSA) is 79.2 Å². The molecule has 2 aromatic carbocycles. The summed E-state index contributed by atoms with van der Waals surface area (Å²) >= 11 is 0. The highest BCUT2D eigenvalue weighted by Crippen LogP contribution is 2.17. The summed E-state index contributed by atoms with van der Waals surface area (Å²) < 4.78 is 1.72. The molecule has 1 aromatic heterocycles. The molecule has 8 nitrogen and oxygen atoms in total. The number of piperazine rings is 1. The number of carbonyl (C=O) groups is 1. The van der Waals surface area contributed by atoms with Gasteiger partial charge in [-0.05, 0) is 41.6 Å². The number of aryl methyl sites for hydroxylation is 1. The molecule has 4 rings (SSSR count). The fourth-order valence-electron chi connectivity index (χ4n) is 3.06. The number of hydrogen-bond acceptors (Lipinski definition) is 5. The van der Waals surface area contributed by atoms with E-state index in [4.69, 9.17) is 0 Å². The van der Waals surface area contributed by atoms with Gasteiger partial charge in [0.15, 0.2) is 0 Å². The number of benzene rings is 2. The summed E-state index contributed by atoms with van der Waals surface area (Å²) in [6, 6.07) is 17.5. The molecule has 1 fully saturated rings. The molecule has 0 radical (unpaired) electrons. The highest BCUT2D eigenvalue weighted by atomic mass is 16.2. The first-order valence-corrected chi connectivity index (χ1v) is 8.92. The minimum absolute atomic E-state index is 0.0823. The van der Waals surface area contributed by atoms with E-state index >= 15 is 0 Å². The van der Waals surface area contributed by atoms with Crippen LogP contribution in [0.3, 0.4) is 0 Å². The van der Waals surface area contributed by atoms with Crippen LogP contribution in [0, 0.1) is 6.92 Å². The van der Waals surface area contributed by atoms with E-state index in [0.29, 0.717) is 32.1 Å². The second kappa shape index (κ2) is 7.45. The van der Waals surface area contributed by atoms with E-state index in [9.17, 15) is 4.79 Å². The first-order chi connectivity index (χ1) is 13.2. The first kappa shape index (κ1) is 17.0. The summed E-state index contributed by atoms with van der Waals surface area (Å²) in [5.74, 6) is 0.694. The highest BCUT2D eigenvalue weighted by Gasteiger charge is 2.24. The van der Waals surface area contributed by atoms with Crippen molar-refractivity contribution in [1.82, 2.24) is 25.1 Å². The number of rotatable bonds is 3. The van der Waals surface area contributed by atoms with Crippen LogP contribution in [0.15, 0.2) is 54.6 Å². The summed E-state index contributed by atoms with van der Waals surface area (Å²) in [5.41, 5.74) is 2.89. The minimum atomic E-state index is -0.0823. The zero-order valence-corrected chi connectivity index (χ0v) is 15.1. The Morgan fingerprint density at radius 3 is 2.37 bits per heavy atom. The fraction of sp³-hybridized carbons (Fsp3) is 0.263. The van der Waals surface area contributed by atoms with Crippen LogP contribution in [0.25, 0.3) is 5.69 Å². The number of amides is 2. The molecule has 3 aromatic rings. The largest absolute Gasteiger partial charge is 0.336 e. The third-order valence-corrected chi connectivity index (χ3v) is 4.61. The maximum Gasteiger partial charge on any atom is 0.321 e. The van der Waals surface area contributed by atoms with Crippen molar-refractivity contribution in [3.05, 3.63) is 60.2 Å². The van der Waals surface area contributed by atoms with Gasteiger partial charge >= 0.3 is 6.03 Å². The Bertz CT molecular complexity index is 899.